The third kappa shape index (κ3) is 2.58. The Hall–Kier alpha value is -0.830. The van der Waals surface area contributed by atoms with Crippen LogP contribution in [0.5, 0.6) is 0 Å². The molecule has 102 valence electrons. The number of hydrogen-bond acceptors (Lipinski definition) is 4. The topological polar surface area (TPSA) is 78.0 Å². The second-order valence-corrected chi connectivity index (χ2v) is 8.46. The number of fused-ring (bicyclic) bond motifs is 1. The smallest absolute Gasteiger partial charge is 0.201 e. The summed E-state index contributed by atoms with van der Waals surface area (Å²) in [5.41, 5.74) is 7.79. The molecule has 1 unspecified atom stereocenters. The highest BCUT2D eigenvalue weighted by atomic mass is 127. The van der Waals surface area contributed by atoms with Gasteiger partial charge in [0, 0.05) is 10.1 Å². The zero-order valence-corrected chi connectivity index (χ0v) is 13.2. The summed E-state index contributed by atoms with van der Waals surface area (Å²) in [4.78, 5) is 4.34. The lowest BCUT2D eigenvalue weighted by molar-refractivity contribution is 0.503. The summed E-state index contributed by atoms with van der Waals surface area (Å²) < 4.78 is 26.0. The maximum atomic E-state index is 11.5. The van der Waals surface area contributed by atoms with Crippen molar-refractivity contribution < 1.29 is 8.42 Å². The fraction of sp³-hybridized carbons (Fsp3) is 0.417. The Morgan fingerprint density at radius 2 is 2.26 bits per heavy atom. The zero-order valence-electron chi connectivity index (χ0n) is 10.2. The van der Waals surface area contributed by atoms with E-state index in [-0.39, 0.29) is 11.7 Å². The fourth-order valence-electron chi connectivity index (χ4n) is 2.59. The van der Waals surface area contributed by atoms with Crippen LogP contribution < -0.4 is 5.73 Å². The Labute approximate surface area is 125 Å². The van der Waals surface area contributed by atoms with E-state index in [9.17, 15) is 8.42 Å². The van der Waals surface area contributed by atoms with Crippen LogP contribution in [0.15, 0.2) is 18.2 Å². The van der Waals surface area contributed by atoms with Crippen LogP contribution in [0.2, 0.25) is 0 Å². The van der Waals surface area contributed by atoms with Gasteiger partial charge in [-0.15, -0.1) is 0 Å². The van der Waals surface area contributed by atoms with Crippen molar-refractivity contribution in [2.75, 3.05) is 17.2 Å². The highest BCUT2D eigenvalue weighted by Crippen LogP contribution is 2.25. The van der Waals surface area contributed by atoms with E-state index in [0.29, 0.717) is 24.7 Å². The molecule has 19 heavy (non-hydrogen) atoms. The minimum absolute atomic E-state index is 0.143. The van der Waals surface area contributed by atoms with Crippen LogP contribution in [0.1, 0.15) is 6.42 Å². The molecule has 7 heteroatoms. The lowest BCUT2D eigenvalue weighted by atomic mass is 10.1. The van der Waals surface area contributed by atoms with Crippen molar-refractivity contribution in [3.8, 4) is 0 Å². The van der Waals surface area contributed by atoms with Crippen LogP contribution in [-0.4, -0.2) is 29.5 Å². The molecule has 2 heterocycles. The highest BCUT2D eigenvalue weighted by Gasteiger charge is 2.28. The molecule has 0 bridgehead atoms. The number of nitrogens with zero attached hydrogens (tertiary/aromatic N) is 2. The number of sulfone groups is 1. The van der Waals surface area contributed by atoms with Crippen LogP contribution in [0, 0.1) is 9.49 Å². The first kappa shape index (κ1) is 13.2. The molecule has 0 radical (unpaired) electrons. The fourth-order valence-corrected chi connectivity index (χ4v) is 4.91. The van der Waals surface area contributed by atoms with E-state index in [2.05, 4.69) is 27.6 Å². The Bertz CT molecular complexity index is 739. The van der Waals surface area contributed by atoms with Gasteiger partial charge in [0.2, 0.25) is 5.95 Å². The Kier molecular flexibility index (Phi) is 3.20. The van der Waals surface area contributed by atoms with E-state index in [1.54, 1.807) is 0 Å². The number of anilines is 1. The Morgan fingerprint density at radius 3 is 2.95 bits per heavy atom. The molecule has 1 aromatic heterocycles. The lowest BCUT2D eigenvalue weighted by Crippen LogP contribution is -2.14. The summed E-state index contributed by atoms with van der Waals surface area (Å²) in [7, 11) is -2.85. The lowest BCUT2D eigenvalue weighted by Gasteiger charge is -2.11. The van der Waals surface area contributed by atoms with Gasteiger partial charge in [0.05, 0.1) is 22.5 Å². The average Bonchev–Trinajstić information content (AvgIpc) is 2.80. The van der Waals surface area contributed by atoms with Gasteiger partial charge in [0.15, 0.2) is 9.84 Å². The van der Waals surface area contributed by atoms with Crippen LogP contribution in [0.25, 0.3) is 11.0 Å². The monoisotopic (exact) mass is 391 g/mol. The van der Waals surface area contributed by atoms with Crippen molar-refractivity contribution in [2.45, 2.75) is 13.0 Å². The number of hydrogen-bond donors (Lipinski definition) is 1. The van der Waals surface area contributed by atoms with E-state index in [0.717, 1.165) is 14.6 Å². The summed E-state index contributed by atoms with van der Waals surface area (Å²) in [5, 5.41) is 0. The van der Waals surface area contributed by atoms with Crippen LogP contribution >= 0.6 is 22.6 Å². The Morgan fingerprint density at radius 1 is 1.47 bits per heavy atom. The number of nitrogens with two attached hydrogens (primary N) is 1. The molecule has 1 aromatic carbocycles. The second kappa shape index (κ2) is 4.62. The molecule has 1 fully saturated rings. The van der Waals surface area contributed by atoms with E-state index < -0.39 is 9.84 Å². The summed E-state index contributed by atoms with van der Waals surface area (Å²) in [6.07, 6.45) is 0.714. The zero-order chi connectivity index (χ0) is 13.6. The first-order chi connectivity index (χ1) is 8.94. The summed E-state index contributed by atoms with van der Waals surface area (Å²) in [6.45, 7) is 0.627. The second-order valence-electron chi connectivity index (χ2n) is 4.98. The van der Waals surface area contributed by atoms with E-state index in [1.807, 2.05) is 22.8 Å². The molecule has 1 saturated heterocycles. The molecule has 2 aromatic rings. The molecular formula is C12H14IN3O2S. The SMILES string of the molecule is Nc1nc2cc(I)ccc2n1CC1CCS(=O)(=O)C1. The maximum Gasteiger partial charge on any atom is 0.201 e. The first-order valence-corrected chi connectivity index (χ1v) is 8.96. The summed E-state index contributed by atoms with van der Waals surface area (Å²) in [5.74, 6) is 1.16. The molecule has 1 aliphatic rings. The van der Waals surface area contributed by atoms with Crippen molar-refractivity contribution in [2.24, 2.45) is 5.92 Å². The number of rotatable bonds is 2. The third-order valence-corrected chi connectivity index (χ3v) is 6.02. The Balaban J connectivity index is 1.95. The van der Waals surface area contributed by atoms with Crippen LogP contribution in [0.3, 0.4) is 0 Å². The van der Waals surface area contributed by atoms with E-state index in [4.69, 9.17) is 5.73 Å². The van der Waals surface area contributed by atoms with Crippen molar-refractivity contribution >= 4 is 49.4 Å². The van der Waals surface area contributed by atoms with Crippen molar-refractivity contribution in [1.29, 1.82) is 0 Å². The predicted molar refractivity (Wildman–Crippen MR) is 83.6 cm³/mol. The third-order valence-electron chi connectivity index (χ3n) is 3.51. The minimum Gasteiger partial charge on any atom is -0.369 e. The van der Waals surface area contributed by atoms with Crippen LogP contribution in [-0.2, 0) is 16.4 Å². The highest BCUT2D eigenvalue weighted by molar-refractivity contribution is 14.1. The normalized spacial score (nSPS) is 22.1. The molecule has 0 spiro atoms. The van der Waals surface area contributed by atoms with Crippen molar-refractivity contribution in [1.82, 2.24) is 9.55 Å². The van der Waals surface area contributed by atoms with Gasteiger partial charge in [-0.3, -0.25) is 0 Å². The minimum atomic E-state index is -2.85. The maximum absolute atomic E-state index is 11.5. The van der Waals surface area contributed by atoms with Gasteiger partial charge in [-0.2, -0.15) is 0 Å². The van der Waals surface area contributed by atoms with Gasteiger partial charge in [0.25, 0.3) is 0 Å². The predicted octanol–water partition coefficient (Wildman–Crippen LogP) is 1.66. The number of imidazole rings is 1. The van der Waals surface area contributed by atoms with Gasteiger partial charge in [-0.1, -0.05) is 0 Å². The number of halogens is 1. The van der Waals surface area contributed by atoms with Crippen LogP contribution in [0.4, 0.5) is 5.95 Å². The quantitative estimate of drug-likeness (QED) is 0.790. The largest absolute Gasteiger partial charge is 0.369 e. The van der Waals surface area contributed by atoms with Gasteiger partial charge in [0.1, 0.15) is 0 Å². The van der Waals surface area contributed by atoms with Gasteiger partial charge < -0.3 is 10.3 Å². The number of nitrogen functional groups attached to an aromatic ring is 1. The summed E-state index contributed by atoms with van der Waals surface area (Å²) in [6, 6.07) is 5.98. The standard InChI is InChI=1S/C12H14IN3O2S/c13-9-1-2-11-10(5-9)15-12(14)16(11)6-8-3-4-19(17,18)7-8/h1-2,5,8H,3-4,6-7H2,(H2,14,15). The van der Waals surface area contributed by atoms with Gasteiger partial charge in [-0.25, -0.2) is 13.4 Å². The average molecular weight is 391 g/mol. The molecule has 2 N–H and O–H groups in total. The van der Waals surface area contributed by atoms with Crippen molar-refractivity contribution in [3.63, 3.8) is 0 Å². The molecule has 0 aliphatic carbocycles. The van der Waals surface area contributed by atoms with Gasteiger partial charge >= 0.3 is 0 Å². The molecule has 1 aliphatic heterocycles. The number of aromatic nitrogens is 2. The molecule has 5 nitrogen and oxygen atoms in total. The van der Waals surface area contributed by atoms with Crippen molar-refractivity contribution in [3.05, 3.63) is 21.8 Å². The van der Waals surface area contributed by atoms with E-state index >= 15 is 0 Å². The van der Waals surface area contributed by atoms with E-state index in [1.165, 1.54) is 0 Å². The first-order valence-electron chi connectivity index (χ1n) is 6.06. The number of benzene rings is 1. The molecule has 0 amide bonds. The molecule has 0 saturated carbocycles. The summed E-state index contributed by atoms with van der Waals surface area (Å²) >= 11 is 2.23. The van der Waals surface area contributed by atoms with Gasteiger partial charge in [-0.05, 0) is 53.1 Å². The molecule has 1 atom stereocenters. The molecule has 3 rings (SSSR count). The molecular weight excluding hydrogens is 377 g/mol.